The lowest BCUT2D eigenvalue weighted by molar-refractivity contribution is -0.247. The van der Waals surface area contributed by atoms with Gasteiger partial charge in [-0.3, -0.25) is 9.36 Å². The van der Waals surface area contributed by atoms with Crippen LogP contribution < -0.4 is 5.56 Å². The SMILES string of the molecule is C=P(C)(C)CCC1OC(n2cnc3c(=O)[nH]c(C)nc32)C(O)(O)[C@@H]1O. The molecule has 10 heteroatoms. The van der Waals surface area contributed by atoms with Crippen LogP contribution in [0.4, 0.5) is 0 Å². The van der Waals surface area contributed by atoms with Gasteiger partial charge in [-0.25, -0.2) is 9.97 Å². The first-order valence-electron chi connectivity index (χ1n) is 7.90. The second-order valence-electron chi connectivity index (χ2n) is 7.18. The number of nitrogens with one attached hydrogen (secondary N) is 1. The Balaban J connectivity index is 1.97. The normalized spacial score (nSPS) is 26.4. The van der Waals surface area contributed by atoms with E-state index in [-0.39, 0.29) is 11.2 Å². The van der Waals surface area contributed by atoms with E-state index in [9.17, 15) is 20.1 Å². The van der Waals surface area contributed by atoms with Gasteiger partial charge in [0, 0.05) is 0 Å². The number of hydrogen-bond acceptors (Lipinski definition) is 7. The van der Waals surface area contributed by atoms with Gasteiger partial charge in [0.1, 0.15) is 11.9 Å². The predicted molar refractivity (Wildman–Crippen MR) is 95.3 cm³/mol. The number of aliphatic hydroxyl groups is 3. The largest absolute Gasteiger partial charge is 0.385 e. The smallest absolute Gasteiger partial charge is 0.279 e. The minimum atomic E-state index is -2.53. The molecule has 3 atom stereocenters. The monoisotopic (exact) mass is 370 g/mol. The summed E-state index contributed by atoms with van der Waals surface area (Å²) in [6, 6.07) is 0. The van der Waals surface area contributed by atoms with Gasteiger partial charge in [0.25, 0.3) is 5.56 Å². The second-order valence-corrected chi connectivity index (χ2v) is 11.5. The van der Waals surface area contributed by atoms with Crippen LogP contribution in [-0.4, -0.2) is 78.6 Å². The number of H-pyrrole nitrogens is 1. The molecule has 1 aliphatic rings. The molecule has 4 N–H and O–H groups in total. The maximum atomic E-state index is 11.9. The van der Waals surface area contributed by atoms with Crippen molar-refractivity contribution in [3.63, 3.8) is 0 Å². The number of aromatic nitrogens is 4. The van der Waals surface area contributed by atoms with Crippen molar-refractivity contribution in [3.8, 4) is 0 Å². The van der Waals surface area contributed by atoms with Crippen LogP contribution in [0.1, 0.15) is 18.5 Å². The van der Waals surface area contributed by atoms with Crippen LogP contribution in [0.5, 0.6) is 0 Å². The summed E-state index contributed by atoms with van der Waals surface area (Å²) >= 11 is 0. The molecule has 0 saturated carbocycles. The standard InChI is InChI=1S/C15H23N4O5P/c1-8-17-12-10(13(21)18-8)16-7-19(12)14-15(22,23)11(20)9(24-14)5-6-25(2,3)4/h7,9,11,14,20,22-23H,2,5-6H2,1,3-4H3,(H,17,18,21)/t9?,11-,14?/m1/s1. The number of aliphatic hydroxyl groups excluding tert-OH is 1. The number of fused-ring (bicyclic) bond motifs is 1. The maximum Gasteiger partial charge on any atom is 0.279 e. The zero-order chi connectivity index (χ0) is 18.6. The second kappa shape index (κ2) is 6.03. The third-order valence-electron chi connectivity index (χ3n) is 4.28. The predicted octanol–water partition coefficient (Wildman–Crippen LogP) is -0.533. The van der Waals surface area contributed by atoms with E-state index in [0.717, 1.165) is 6.16 Å². The van der Waals surface area contributed by atoms with E-state index in [1.54, 1.807) is 6.92 Å². The summed E-state index contributed by atoms with van der Waals surface area (Å²) in [5.74, 6) is -2.17. The molecule has 3 rings (SSSR count). The van der Waals surface area contributed by atoms with Crippen molar-refractivity contribution in [2.24, 2.45) is 0 Å². The zero-order valence-corrected chi connectivity index (χ0v) is 15.3. The Labute approximate surface area is 144 Å². The number of imidazole rings is 1. The summed E-state index contributed by atoms with van der Waals surface area (Å²) in [6.45, 7) is 4.37. The highest BCUT2D eigenvalue weighted by Crippen LogP contribution is 2.42. The van der Waals surface area contributed by atoms with Crippen LogP contribution in [0.15, 0.2) is 11.1 Å². The Hall–Kier alpha value is -1.51. The van der Waals surface area contributed by atoms with Crippen LogP contribution >= 0.6 is 6.89 Å². The van der Waals surface area contributed by atoms with E-state index < -0.39 is 36.7 Å². The molecule has 0 aromatic carbocycles. The summed E-state index contributed by atoms with van der Waals surface area (Å²) in [7, 11) is 0. The van der Waals surface area contributed by atoms with Crippen molar-refractivity contribution in [1.29, 1.82) is 0 Å². The molecule has 0 radical (unpaired) electrons. The number of hydrogen-bond donors (Lipinski definition) is 4. The quantitative estimate of drug-likeness (QED) is 0.420. The van der Waals surface area contributed by atoms with Crippen LogP contribution in [-0.2, 0) is 4.74 Å². The topological polar surface area (TPSA) is 133 Å². The van der Waals surface area contributed by atoms with Crippen molar-refractivity contribution in [3.05, 3.63) is 22.5 Å². The summed E-state index contributed by atoms with van der Waals surface area (Å²) in [4.78, 5) is 22.6. The fourth-order valence-electron chi connectivity index (χ4n) is 2.94. The van der Waals surface area contributed by atoms with Crippen molar-refractivity contribution in [2.45, 2.75) is 37.6 Å². The summed E-state index contributed by atoms with van der Waals surface area (Å²) in [5.41, 5.74) is -0.203. The number of rotatable bonds is 4. The average molecular weight is 370 g/mol. The summed E-state index contributed by atoms with van der Waals surface area (Å²) in [6.07, 6.45) is 2.97. The third-order valence-corrected chi connectivity index (χ3v) is 5.75. The summed E-state index contributed by atoms with van der Waals surface area (Å²) < 4.78 is 7.00. The number of aryl methyl sites for hydroxylation is 1. The first-order valence-corrected chi connectivity index (χ1v) is 10.9. The van der Waals surface area contributed by atoms with Crippen molar-refractivity contribution in [2.75, 3.05) is 19.5 Å². The molecule has 0 aliphatic carbocycles. The highest BCUT2D eigenvalue weighted by molar-refractivity contribution is 7.72. The Morgan fingerprint density at radius 2 is 2.16 bits per heavy atom. The third kappa shape index (κ3) is 3.30. The van der Waals surface area contributed by atoms with E-state index in [4.69, 9.17) is 4.74 Å². The van der Waals surface area contributed by atoms with Gasteiger partial charge in [-0.15, -0.1) is 13.2 Å². The number of ether oxygens (including phenoxy) is 1. The molecule has 1 saturated heterocycles. The fourth-order valence-corrected chi connectivity index (χ4v) is 3.89. The summed E-state index contributed by atoms with van der Waals surface area (Å²) in [5, 5.41) is 31.1. The Morgan fingerprint density at radius 1 is 1.48 bits per heavy atom. The number of aromatic amines is 1. The minimum absolute atomic E-state index is 0.0627. The average Bonchev–Trinajstić information content (AvgIpc) is 2.97. The molecule has 9 nitrogen and oxygen atoms in total. The van der Waals surface area contributed by atoms with Gasteiger partial charge in [0.05, 0.1) is 12.4 Å². The molecule has 2 aromatic heterocycles. The Kier molecular flexibility index (Phi) is 4.41. The van der Waals surface area contributed by atoms with Gasteiger partial charge in [0.2, 0.25) is 5.79 Å². The molecule has 138 valence electrons. The van der Waals surface area contributed by atoms with E-state index in [1.165, 1.54) is 10.9 Å². The highest BCUT2D eigenvalue weighted by atomic mass is 31.2. The molecule has 0 spiro atoms. The van der Waals surface area contributed by atoms with Crippen LogP contribution in [0.25, 0.3) is 11.2 Å². The minimum Gasteiger partial charge on any atom is -0.385 e. The van der Waals surface area contributed by atoms with Gasteiger partial charge in [-0.1, -0.05) is 0 Å². The zero-order valence-electron chi connectivity index (χ0n) is 14.4. The molecule has 25 heavy (non-hydrogen) atoms. The van der Waals surface area contributed by atoms with Gasteiger partial charge in [-0.2, -0.15) is 0 Å². The number of nitrogens with zero attached hydrogens (tertiary/aromatic N) is 3. The highest BCUT2D eigenvalue weighted by Gasteiger charge is 2.55. The molecule has 0 bridgehead atoms. The molecule has 1 fully saturated rings. The first kappa shape index (κ1) is 18.3. The van der Waals surface area contributed by atoms with Gasteiger partial charge >= 0.3 is 0 Å². The van der Waals surface area contributed by atoms with Gasteiger partial charge in [0.15, 0.2) is 17.4 Å². The maximum absolute atomic E-state index is 11.9. The van der Waals surface area contributed by atoms with E-state index in [2.05, 4.69) is 34.6 Å². The van der Waals surface area contributed by atoms with Crippen LogP contribution in [0.3, 0.4) is 0 Å². The lowest BCUT2D eigenvalue weighted by atomic mass is 10.1. The lowest BCUT2D eigenvalue weighted by Gasteiger charge is -2.25. The molecular formula is C15H23N4O5P. The fraction of sp³-hybridized carbons (Fsp3) is 0.600. The van der Waals surface area contributed by atoms with Gasteiger partial charge < -0.3 is 25.0 Å². The first-order chi connectivity index (χ1) is 11.5. The lowest BCUT2D eigenvalue weighted by Crippen LogP contribution is -2.46. The Bertz CT molecular complexity index is 899. The van der Waals surface area contributed by atoms with E-state index in [0.29, 0.717) is 12.2 Å². The Morgan fingerprint density at radius 3 is 2.80 bits per heavy atom. The van der Waals surface area contributed by atoms with Crippen LogP contribution in [0, 0.1) is 6.92 Å². The molecule has 2 unspecified atom stereocenters. The van der Waals surface area contributed by atoms with E-state index in [1.807, 2.05) is 0 Å². The van der Waals surface area contributed by atoms with Crippen molar-refractivity contribution >= 4 is 24.3 Å². The molecule has 3 heterocycles. The molecular weight excluding hydrogens is 347 g/mol. The van der Waals surface area contributed by atoms with Crippen molar-refractivity contribution < 1.29 is 20.1 Å². The van der Waals surface area contributed by atoms with Crippen molar-refractivity contribution in [1.82, 2.24) is 19.5 Å². The molecule has 1 aliphatic heterocycles. The molecule has 0 amide bonds. The van der Waals surface area contributed by atoms with Crippen LogP contribution in [0.2, 0.25) is 0 Å². The molecule has 2 aromatic rings. The van der Waals surface area contributed by atoms with Gasteiger partial charge in [-0.05, 0) is 32.8 Å². The van der Waals surface area contributed by atoms with E-state index >= 15 is 0 Å².